The van der Waals surface area contributed by atoms with Gasteiger partial charge in [-0.05, 0) is 30.5 Å². The van der Waals surface area contributed by atoms with Gasteiger partial charge in [0.2, 0.25) is 6.79 Å². The molecular formula is C15H14ClN3O2. The smallest absolute Gasteiger partial charge is 0.231 e. The van der Waals surface area contributed by atoms with Crippen molar-refractivity contribution in [3.63, 3.8) is 0 Å². The van der Waals surface area contributed by atoms with Crippen molar-refractivity contribution in [3.8, 4) is 11.5 Å². The van der Waals surface area contributed by atoms with Crippen LogP contribution in [-0.2, 0) is 6.54 Å². The van der Waals surface area contributed by atoms with E-state index in [1.54, 1.807) is 6.07 Å². The molecule has 1 N–H and O–H groups in total. The van der Waals surface area contributed by atoms with E-state index in [0.717, 1.165) is 41.5 Å². The molecule has 1 fully saturated rings. The zero-order chi connectivity index (χ0) is 14.2. The van der Waals surface area contributed by atoms with Gasteiger partial charge in [-0.1, -0.05) is 17.7 Å². The third-order valence-electron chi connectivity index (χ3n) is 3.57. The van der Waals surface area contributed by atoms with Crippen molar-refractivity contribution in [1.29, 1.82) is 0 Å². The normalized spacial score (nSPS) is 16.0. The van der Waals surface area contributed by atoms with Gasteiger partial charge in [0.05, 0.1) is 0 Å². The maximum absolute atomic E-state index is 6.05. The van der Waals surface area contributed by atoms with Crippen molar-refractivity contribution in [1.82, 2.24) is 9.97 Å². The molecule has 0 atom stereocenters. The van der Waals surface area contributed by atoms with Crippen LogP contribution < -0.4 is 14.8 Å². The third-order valence-corrected chi connectivity index (χ3v) is 3.76. The fraction of sp³-hybridized carbons (Fsp3) is 0.333. The molecule has 1 aromatic carbocycles. The Morgan fingerprint density at radius 1 is 1.14 bits per heavy atom. The van der Waals surface area contributed by atoms with Crippen LogP contribution in [0.5, 0.6) is 11.5 Å². The lowest BCUT2D eigenvalue weighted by Crippen LogP contribution is -2.04. The Labute approximate surface area is 127 Å². The minimum Gasteiger partial charge on any atom is -0.454 e. The summed E-state index contributed by atoms with van der Waals surface area (Å²) in [5.41, 5.74) is 1.10. The van der Waals surface area contributed by atoms with Crippen molar-refractivity contribution >= 4 is 17.4 Å². The molecule has 0 unspecified atom stereocenters. The second-order valence-electron chi connectivity index (χ2n) is 5.25. The Kier molecular flexibility index (Phi) is 3.07. The molecule has 0 bridgehead atoms. The van der Waals surface area contributed by atoms with Crippen LogP contribution in [-0.4, -0.2) is 16.8 Å². The van der Waals surface area contributed by atoms with Crippen LogP contribution in [0.25, 0.3) is 0 Å². The Hall–Kier alpha value is -2.01. The fourth-order valence-corrected chi connectivity index (χ4v) is 2.48. The lowest BCUT2D eigenvalue weighted by atomic mass is 10.2. The number of benzene rings is 1. The number of rotatable bonds is 4. The summed E-state index contributed by atoms with van der Waals surface area (Å²) in [6.07, 6.45) is 2.31. The number of halogens is 1. The van der Waals surface area contributed by atoms with E-state index in [-0.39, 0.29) is 0 Å². The van der Waals surface area contributed by atoms with Gasteiger partial charge in [-0.3, -0.25) is 0 Å². The number of ether oxygens (including phenoxy) is 2. The van der Waals surface area contributed by atoms with Gasteiger partial charge in [-0.25, -0.2) is 9.97 Å². The van der Waals surface area contributed by atoms with Crippen molar-refractivity contribution in [2.24, 2.45) is 0 Å². The molecule has 5 nitrogen and oxygen atoms in total. The monoisotopic (exact) mass is 303 g/mol. The average Bonchev–Trinajstić information content (AvgIpc) is 3.23. The van der Waals surface area contributed by atoms with Gasteiger partial charge < -0.3 is 14.8 Å². The Morgan fingerprint density at radius 2 is 2.00 bits per heavy atom. The lowest BCUT2D eigenvalue weighted by molar-refractivity contribution is 0.174. The standard InChI is InChI=1S/C15H14ClN3O2/c16-13-6-14(19-15(18-13)10-2-3-10)17-7-9-1-4-11-12(5-9)21-8-20-11/h1,4-6,10H,2-3,7-8H2,(H,17,18,19). The van der Waals surface area contributed by atoms with E-state index in [0.29, 0.717) is 24.4 Å². The molecule has 1 aromatic heterocycles. The summed E-state index contributed by atoms with van der Waals surface area (Å²) in [7, 11) is 0. The maximum Gasteiger partial charge on any atom is 0.231 e. The topological polar surface area (TPSA) is 56.3 Å². The van der Waals surface area contributed by atoms with E-state index in [9.17, 15) is 0 Å². The highest BCUT2D eigenvalue weighted by molar-refractivity contribution is 6.29. The predicted molar refractivity (Wildman–Crippen MR) is 78.9 cm³/mol. The van der Waals surface area contributed by atoms with Crippen molar-refractivity contribution in [3.05, 3.63) is 40.8 Å². The molecule has 2 aromatic rings. The molecule has 2 aliphatic rings. The zero-order valence-corrected chi connectivity index (χ0v) is 12.1. The lowest BCUT2D eigenvalue weighted by Gasteiger charge is -2.08. The molecule has 1 aliphatic heterocycles. The highest BCUT2D eigenvalue weighted by atomic mass is 35.5. The van der Waals surface area contributed by atoms with E-state index in [2.05, 4.69) is 15.3 Å². The highest BCUT2D eigenvalue weighted by Gasteiger charge is 2.27. The van der Waals surface area contributed by atoms with Crippen LogP contribution in [0.2, 0.25) is 5.15 Å². The van der Waals surface area contributed by atoms with E-state index >= 15 is 0 Å². The van der Waals surface area contributed by atoms with Gasteiger partial charge in [0, 0.05) is 18.5 Å². The Bertz CT molecular complexity index is 689. The van der Waals surface area contributed by atoms with Crippen molar-refractivity contribution in [2.75, 3.05) is 12.1 Å². The molecule has 4 rings (SSSR count). The average molecular weight is 304 g/mol. The SMILES string of the molecule is Clc1cc(NCc2ccc3c(c2)OCO3)nc(C2CC2)n1. The molecule has 0 saturated heterocycles. The first-order chi connectivity index (χ1) is 10.3. The summed E-state index contributed by atoms with van der Waals surface area (Å²) in [4.78, 5) is 8.80. The number of nitrogens with zero attached hydrogens (tertiary/aromatic N) is 2. The minimum absolute atomic E-state index is 0.290. The quantitative estimate of drug-likeness (QED) is 0.878. The fourth-order valence-electron chi connectivity index (χ4n) is 2.29. The summed E-state index contributed by atoms with van der Waals surface area (Å²) in [6.45, 7) is 0.937. The molecule has 6 heteroatoms. The highest BCUT2D eigenvalue weighted by Crippen LogP contribution is 2.39. The second kappa shape index (κ2) is 5.07. The molecular weight excluding hydrogens is 290 g/mol. The molecule has 0 spiro atoms. The predicted octanol–water partition coefficient (Wildman–Crippen LogP) is 3.35. The molecule has 1 aliphatic carbocycles. The number of fused-ring (bicyclic) bond motifs is 1. The second-order valence-corrected chi connectivity index (χ2v) is 5.64. The van der Waals surface area contributed by atoms with Crippen LogP contribution in [0, 0.1) is 0 Å². The summed E-state index contributed by atoms with van der Waals surface area (Å²) in [5.74, 6) is 3.66. The molecule has 108 valence electrons. The molecule has 0 radical (unpaired) electrons. The van der Waals surface area contributed by atoms with Crippen LogP contribution in [0.1, 0.15) is 30.1 Å². The summed E-state index contributed by atoms with van der Waals surface area (Å²) in [6, 6.07) is 7.65. The molecule has 2 heterocycles. The van der Waals surface area contributed by atoms with Crippen LogP contribution in [0.3, 0.4) is 0 Å². The van der Waals surface area contributed by atoms with Gasteiger partial charge in [0.25, 0.3) is 0 Å². The molecule has 21 heavy (non-hydrogen) atoms. The Morgan fingerprint density at radius 3 is 2.86 bits per heavy atom. The minimum atomic E-state index is 0.290. The number of hydrogen-bond acceptors (Lipinski definition) is 5. The van der Waals surface area contributed by atoms with E-state index < -0.39 is 0 Å². The largest absolute Gasteiger partial charge is 0.454 e. The van der Waals surface area contributed by atoms with Gasteiger partial charge in [0.1, 0.15) is 16.8 Å². The number of hydrogen-bond donors (Lipinski definition) is 1. The third kappa shape index (κ3) is 2.74. The van der Waals surface area contributed by atoms with Gasteiger partial charge in [-0.2, -0.15) is 0 Å². The van der Waals surface area contributed by atoms with Gasteiger partial charge >= 0.3 is 0 Å². The van der Waals surface area contributed by atoms with E-state index in [4.69, 9.17) is 21.1 Å². The van der Waals surface area contributed by atoms with Crippen molar-refractivity contribution < 1.29 is 9.47 Å². The van der Waals surface area contributed by atoms with Crippen LogP contribution in [0.4, 0.5) is 5.82 Å². The van der Waals surface area contributed by atoms with Crippen LogP contribution >= 0.6 is 11.6 Å². The molecule has 0 amide bonds. The summed E-state index contributed by atoms with van der Waals surface area (Å²) in [5, 5.41) is 3.77. The summed E-state index contributed by atoms with van der Waals surface area (Å²) >= 11 is 6.05. The van der Waals surface area contributed by atoms with Gasteiger partial charge in [0.15, 0.2) is 11.5 Å². The number of aromatic nitrogens is 2. The number of nitrogens with one attached hydrogen (secondary N) is 1. The van der Waals surface area contributed by atoms with E-state index in [1.807, 2.05) is 18.2 Å². The Balaban J connectivity index is 1.49. The molecule has 1 saturated carbocycles. The van der Waals surface area contributed by atoms with Crippen molar-refractivity contribution in [2.45, 2.75) is 25.3 Å². The van der Waals surface area contributed by atoms with Gasteiger partial charge in [-0.15, -0.1) is 0 Å². The van der Waals surface area contributed by atoms with Crippen LogP contribution in [0.15, 0.2) is 24.3 Å². The maximum atomic E-state index is 6.05. The zero-order valence-electron chi connectivity index (χ0n) is 11.3. The number of anilines is 1. The first kappa shape index (κ1) is 12.7. The summed E-state index contributed by atoms with van der Waals surface area (Å²) < 4.78 is 10.7. The first-order valence-electron chi connectivity index (χ1n) is 6.95. The van der Waals surface area contributed by atoms with E-state index in [1.165, 1.54) is 0 Å². The first-order valence-corrected chi connectivity index (χ1v) is 7.32.